The van der Waals surface area contributed by atoms with Crippen molar-refractivity contribution < 1.29 is 9.90 Å². The first-order valence-electron chi connectivity index (χ1n) is 3.49. The molecule has 1 rings (SSSR count). The Bertz CT molecular complexity index is 296. The summed E-state index contributed by atoms with van der Waals surface area (Å²) in [5.74, 6) is -1.05. The molecule has 1 aromatic heterocycles. The van der Waals surface area contributed by atoms with Crippen molar-refractivity contribution in [3.63, 3.8) is 0 Å². The molecule has 0 saturated carbocycles. The number of aromatic nitrogens is 2. The van der Waals surface area contributed by atoms with Crippen molar-refractivity contribution in [3.05, 3.63) is 16.4 Å². The minimum Gasteiger partial charge on any atom is -0.550 e. The maximum atomic E-state index is 10.1. The average Bonchev–Trinajstić information content (AvgIpc) is 2.30. The highest BCUT2D eigenvalue weighted by molar-refractivity contribution is 9.10. The van der Waals surface area contributed by atoms with Crippen molar-refractivity contribution in [2.75, 3.05) is 0 Å². The zero-order valence-electron chi connectivity index (χ0n) is 6.58. The first-order valence-corrected chi connectivity index (χ1v) is 4.28. The molecule has 5 heteroatoms. The topological polar surface area (TPSA) is 58.0 Å². The van der Waals surface area contributed by atoms with Crippen LogP contribution in [0.2, 0.25) is 0 Å². The van der Waals surface area contributed by atoms with Crippen LogP contribution < -0.4 is 5.11 Å². The highest BCUT2D eigenvalue weighted by Gasteiger charge is 2.01. The van der Waals surface area contributed by atoms with Crippen LogP contribution >= 0.6 is 15.9 Å². The van der Waals surface area contributed by atoms with Crippen LogP contribution in [0.3, 0.4) is 0 Å². The fraction of sp³-hybridized carbons (Fsp3) is 0.429. The van der Waals surface area contributed by atoms with Crippen LogP contribution in [-0.2, 0) is 11.3 Å². The van der Waals surface area contributed by atoms with Gasteiger partial charge in [-0.1, -0.05) is 0 Å². The first kappa shape index (κ1) is 9.25. The summed E-state index contributed by atoms with van der Waals surface area (Å²) >= 11 is 3.28. The molecule has 0 fully saturated rings. The number of hydrogen-bond donors (Lipinski definition) is 0. The molecule has 0 aromatic carbocycles. The Labute approximate surface area is 78.3 Å². The Morgan fingerprint density at radius 2 is 2.50 bits per heavy atom. The van der Waals surface area contributed by atoms with Gasteiger partial charge in [0, 0.05) is 24.6 Å². The SMILES string of the molecule is Cc1c(Br)cnn1CCC(=O)[O-]. The second-order valence-electron chi connectivity index (χ2n) is 2.42. The van der Waals surface area contributed by atoms with Crippen LogP contribution in [0.1, 0.15) is 12.1 Å². The number of carbonyl (C=O) groups excluding carboxylic acids is 1. The van der Waals surface area contributed by atoms with Gasteiger partial charge in [-0.25, -0.2) is 0 Å². The van der Waals surface area contributed by atoms with Crippen molar-refractivity contribution in [1.29, 1.82) is 0 Å². The van der Waals surface area contributed by atoms with Gasteiger partial charge in [0.1, 0.15) is 0 Å². The number of nitrogens with zero attached hydrogens (tertiary/aromatic N) is 2. The molecule has 1 aromatic rings. The van der Waals surface area contributed by atoms with Crippen LogP contribution in [0.5, 0.6) is 0 Å². The summed E-state index contributed by atoms with van der Waals surface area (Å²) in [4.78, 5) is 10.1. The summed E-state index contributed by atoms with van der Waals surface area (Å²) in [6.45, 7) is 2.23. The smallest absolute Gasteiger partial charge is 0.0635 e. The number of carboxylic acids is 1. The lowest BCUT2D eigenvalue weighted by Gasteiger charge is -2.04. The fourth-order valence-electron chi connectivity index (χ4n) is 0.846. The fourth-order valence-corrected chi connectivity index (χ4v) is 1.14. The van der Waals surface area contributed by atoms with E-state index >= 15 is 0 Å². The molecule has 0 aliphatic carbocycles. The predicted octanol–water partition coefficient (Wildman–Crippen LogP) is 0.0940. The minimum atomic E-state index is -1.05. The van der Waals surface area contributed by atoms with Gasteiger partial charge in [-0.2, -0.15) is 5.10 Å². The number of aryl methyl sites for hydroxylation is 1. The Morgan fingerprint density at radius 3 is 2.92 bits per heavy atom. The van der Waals surface area contributed by atoms with E-state index < -0.39 is 5.97 Å². The van der Waals surface area contributed by atoms with Gasteiger partial charge in [0.05, 0.1) is 10.7 Å². The maximum Gasteiger partial charge on any atom is 0.0635 e. The lowest BCUT2D eigenvalue weighted by molar-refractivity contribution is -0.306. The zero-order chi connectivity index (χ0) is 9.14. The highest BCUT2D eigenvalue weighted by Crippen LogP contribution is 2.14. The van der Waals surface area contributed by atoms with Crippen LogP contribution in [-0.4, -0.2) is 15.7 Å². The number of rotatable bonds is 3. The quantitative estimate of drug-likeness (QED) is 0.742. The number of hydrogen-bond acceptors (Lipinski definition) is 3. The molecule has 12 heavy (non-hydrogen) atoms. The predicted molar refractivity (Wildman–Crippen MR) is 44.3 cm³/mol. The van der Waals surface area contributed by atoms with Gasteiger partial charge in [0.25, 0.3) is 0 Å². The van der Waals surface area contributed by atoms with Gasteiger partial charge in [-0.3, -0.25) is 4.68 Å². The van der Waals surface area contributed by atoms with Gasteiger partial charge in [-0.05, 0) is 22.9 Å². The van der Waals surface area contributed by atoms with E-state index in [1.807, 2.05) is 6.92 Å². The summed E-state index contributed by atoms with van der Waals surface area (Å²) in [6.07, 6.45) is 1.64. The van der Waals surface area contributed by atoms with E-state index in [2.05, 4.69) is 21.0 Å². The Hall–Kier alpha value is -0.840. The van der Waals surface area contributed by atoms with Crippen LogP contribution in [0.4, 0.5) is 0 Å². The van der Waals surface area contributed by atoms with Gasteiger partial charge in [0.2, 0.25) is 0 Å². The Morgan fingerprint density at radius 1 is 1.83 bits per heavy atom. The van der Waals surface area contributed by atoms with Crippen molar-refractivity contribution in [1.82, 2.24) is 9.78 Å². The molecule has 0 N–H and O–H groups in total. The second kappa shape index (κ2) is 3.71. The summed E-state index contributed by atoms with van der Waals surface area (Å²) in [5.41, 5.74) is 0.927. The Balaban J connectivity index is 2.63. The maximum absolute atomic E-state index is 10.1. The normalized spacial score (nSPS) is 10.2. The number of carbonyl (C=O) groups is 1. The summed E-state index contributed by atoms with van der Waals surface area (Å²) < 4.78 is 2.51. The van der Waals surface area contributed by atoms with Gasteiger partial charge >= 0.3 is 0 Å². The molecule has 0 atom stereocenters. The number of halogens is 1. The third kappa shape index (κ3) is 2.07. The van der Waals surface area contributed by atoms with E-state index in [1.165, 1.54) is 0 Å². The van der Waals surface area contributed by atoms with Crippen LogP contribution in [0, 0.1) is 6.92 Å². The lowest BCUT2D eigenvalue weighted by Crippen LogP contribution is -2.24. The molecule has 0 saturated heterocycles. The molecule has 4 nitrogen and oxygen atoms in total. The summed E-state index contributed by atoms with van der Waals surface area (Å²) in [6, 6.07) is 0. The van der Waals surface area contributed by atoms with Crippen molar-refractivity contribution >= 4 is 21.9 Å². The summed E-state index contributed by atoms with van der Waals surface area (Å²) in [5, 5.41) is 14.1. The molecule has 66 valence electrons. The molecule has 0 aliphatic rings. The monoisotopic (exact) mass is 231 g/mol. The van der Waals surface area contributed by atoms with E-state index in [1.54, 1.807) is 10.9 Å². The molecular weight excluding hydrogens is 224 g/mol. The molecule has 0 amide bonds. The first-order chi connectivity index (χ1) is 5.61. The second-order valence-corrected chi connectivity index (χ2v) is 3.28. The van der Waals surface area contributed by atoms with E-state index in [9.17, 15) is 9.90 Å². The molecule has 0 aliphatic heterocycles. The van der Waals surface area contributed by atoms with E-state index in [0.717, 1.165) is 10.2 Å². The van der Waals surface area contributed by atoms with Gasteiger partial charge in [0.15, 0.2) is 0 Å². The molecule has 0 spiro atoms. The highest BCUT2D eigenvalue weighted by atomic mass is 79.9. The number of carboxylic acid groups (broad SMARTS) is 1. The molecule has 0 radical (unpaired) electrons. The molecule has 0 unspecified atom stereocenters. The zero-order valence-corrected chi connectivity index (χ0v) is 8.17. The van der Waals surface area contributed by atoms with Crippen molar-refractivity contribution in [2.24, 2.45) is 0 Å². The minimum absolute atomic E-state index is 0.00500. The average molecular weight is 232 g/mol. The molecular formula is C7H8BrN2O2-. The standard InChI is InChI=1S/C7H9BrN2O2/c1-5-6(8)4-9-10(5)3-2-7(11)12/h4H,2-3H2,1H3,(H,11,12)/p-1. The third-order valence-electron chi connectivity index (χ3n) is 1.57. The van der Waals surface area contributed by atoms with Crippen LogP contribution in [0.15, 0.2) is 10.7 Å². The largest absolute Gasteiger partial charge is 0.550 e. The van der Waals surface area contributed by atoms with Gasteiger partial charge in [-0.15, -0.1) is 0 Å². The lowest BCUT2D eigenvalue weighted by atomic mass is 10.4. The van der Waals surface area contributed by atoms with Crippen molar-refractivity contribution in [2.45, 2.75) is 19.9 Å². The van der Waals surface area contributed by atoms with Crippen molar-refractivity contribution in [3.8, 4) is 0 Å². The van der Waals surface area contributed by atoms with Gasteiger partial charge < -0.3 is 9.90 Å². The van der Waals surface area contributed by atoms with E-state index in [4.69, 9.17) is 0 Å². The summed E-state index contributed by atoms with van der Waals surface area (Å²) in [7, 11) is 0. The molecule has 1 heterocycles. The Kier molecular flexibility index (Phi) is 2.86. The number of aliphatic carboxylic acids is 1. The van der Waals surface area contributed by atoms with Crippen LogP contribution in [0.25, 0.3) is 0 Å². The molecule has 0 bridgehead atoms. The van der Waals surface area contributed by atoms with E-state index in [-0.39, 0.29) is 6.42 Å². The third-order valence-corrected chi connectivity index (χ3v) is 2.35. The van der Waals surface area contributed by atoms with E-state index in [0.29, 0.717) is 6.54 Å².